The SMILES string of the molecule is CN(C1CNC1)S(=O)(=O)c1cccc2cnccc12. The van der Waals surface area contributed by atoms with E-state index in [-0.39, 0.29) is 6.04 Å². The Labute approximate surface area is 112 Å². The molecule has 5 nitrogen and oxygen atoms in total. The van der Waals surface area contributed by atoms with Gasteiger partial charge in [-0.1, -0.05) is 12.1 Å². The molecule has 19 heavy (non-hydrogen) atoms. The van der Waals surface area contributed by atoms with Gasteiger partial charge in [0, 0.05) is 49.3 Å². The highest BCUT2D eigenvalue weighted by Gasteiger charge is 2.32. The minimum Gasteiger partial charge on any atom is -0.313 e. The largest absolute Gasteiger partial charge is 0.313 e. The van der Waals surface area contributed by atoms with Crippen LogP contribution in [0.3, 0.4) is 0 Å². The second kappa shape index (κ2) is 4.56. The van der Waals surface area contributed by atoms with Crippen LogP contribution in [0.25, 0.3) is 10.8 Å². The monoisotopic (exact) mass is 277 g/mol. The fraction of sp³-hybridized carbons (Fsp3) is 0.308. The van der Waals surface area contributed by atoms with Gasteiger partial charge in [0.05, 0.1) is 4.90 Å². The third-order valence-corrected chi connectivity index (χ3v) is 5.54. The first kappa shape index (κ1) is 12.5. The molecule has 1 aliphatic rings. The van der Waals surface area contributed by atoms with E-state index in [4.69, 9.17) is 0 Å². The first-order valence-electron chi connectivity index (χ1n) is 6.12. The van der Waals surface area contributed by atoms with E-state index in [1.807, 2.05) is 6.07 Å². The van der Waals surface area contributed by atoms with Crippen molar-refractivity contribution < 1.29 is 8.42 Å². The number of nitrogens with one attached hydrogen (secondary N) is 1. The number of rotatable bonds is 3. The van der Waals surface area contributed by atoms with E-state index in [9.17, 15) is 8.42 Å². The minimum atomic E-state index is -3.46. The van der Waals surface area contributed by atoms with Gasteiger partial charge >= 0.3 is 0 Å². The summed E-state index contributed by atoms with van der Waals surface area (Å²) in [5.74, 6) is 0. The molecule has 2 heterocycles. The standard InChI is InChI=1S/C13H15N3O2S/c1-16(11-8-15-9-11)19(17,18)13-4-2-3-10-7-14-6-5-12(10)13/h2-7,11,15H,8-9H2,1H3. The summed E-state index contributed by atoms with van der Waals surface area (Å²) in [6, 6.07) is 7.06. The zero-order chi connectivity index (χ0) is 13.5. The molecule has 0 aliphatic carbocycles. The Kier molecular flexibility index (Phi) is 3.00. The smallest absolute Gasteiger partial charge is 0.243 e. The van der Waals surface area contributed by atoms with Crippen LogP contribution in [0.4, 0.5) is 0 Å². The molecule has 1 saturated heterocycles. The molecule has 3 rings (SSSR count). The number of fused-ring (bicyclic) bond motifs is 1. The minimum absolute atomic E-state index is 0.0436. The Bertz CT molecular complexity index is 705. The van der Waals surface area contributed by atoms with Crippen LogP contribution >= 0.6 is 0 Å². The Balaban J connectivity index is 2.12. The van der Waals surface area contributed by atoms with E-state index in [0.717, 1.165) is 10.8 Å². The van der Waals surface area contributed by atoms with E-state index in [1.54, 1.807) is 37.6 Å². The number of hydrogen-bond acceptors (Lipinski definition) is 4. The fourth-order valence-corrected chi connectivity index (χ4v) is 3.77. The molecule has 1 fully saturated rings. The second-order valence-electron chi connectivity index (χ2n) is 4.69. The van der Waals surface area contributed by atoms with Crippen LogP contribution in [0.1, 0.15) is 0 Å². The summed E-state index contributed by atoms with van der Waals surface area (Å²) in [5, 5.41) is 4.64. The van der Waals surface area contributed by atoms with Crippen LogP contribution in [0.2, 0.25) is 0 Å². The van der Waals surface area contributed by atoms with Crippen LogP contribution < -0.4 is 5.32 Å². The number of pyridine rings is 1. The number of aromatic nitrogens is 1. The van der Waals surface area contributed by atoms with E-state index >= 15 is 0 Å². The molecule has 1 aromatic heterocycles. The molecule has 0 amide bonds. The first-order chi connectivity index (χ1) is 9.10. The molecule has 0 saturated carbocycles. The number of nitrogens with zero attached hydrogens (tertiary/aromatic N) is 2. The Hall–Kier alpha value is -1.50. The van der Waals surface area contributed by atoms with Crippen molar-refractivity contribution in [2.75, 3.05) is 20.1 Å². The van der Waals surface area contributed by atoms with Gasteiger partial charge in [0.1, 0.15) is 0 Å². The summed E-state index contributed by atoms with van der Waals surface area (Å²) >= 11 is 0. The van der Waals surface area contributed by atoms with Crippen molar-refractivity contribution in [2.45, 2.75) is 10.9 Å². The quantitative estimate of drug-likeness (QED) is 0.902. The lowest BCUT2D eigenvalue weighted by Crippen LogP contribution is -2.57. The van der Waals surface area contributed by atoms with E-state index < -0.39 is 10.0 Å². The third kappa shape index (κ3) is 2.01. The van der Waals surface area contributed by atoms with E-state index in [2.05, 4.69) is 10.3 Å². The Morgan fingerprint density at radius 1 is 1.32 bits per heavy atom. The highest BCUT2D eigenvalue weighted by Crippen LogP contribution is 2.25. The Morgan fingerprint density at radius 3 is 2.79 bits per heavy atom. The molecule has 0 bridgehead atoms. The van der Waals surface area contributed by atoms with E-state index in [1.165, 1.54) is 4.31 Å². The van der Waals surface area contributed by atoms with Crippen LogP contribution in [0, 0.1) is 0 Å². The van der Waals surface area contributed by atoms with Crippen molar-refractivity contribution in [3.8, 4) is 0 Å². The van der Waals surface area contributed by atoms with Crippen molar-refractivity contribution in [3.63, 3.8) is 0 Å². The lowest BCUT2D eigenvalue weighted by molar-refractivity contribution is 0.274. The maximum absolute atomic E-state index is 12.7. The van der Waals surface area contributed by atoms with Crippen molar-refractivity contribution in [3.05, 3.63) is 36.7 Å². The van der Waals surface area contributed by atoms with Gasteiger partial charge in [-0.25, -0.2) is 8.42 Å². The summed E-state index contributed by atoms with van der Waals surface area (Å²) < 4.78 is 26.8. The molecule has 0 spiro atoms. The van der Waals surface area contributed by atoms with E-state index in [0.29, 0.717) is 18.0 Å². The van der Waals surface area contributed by atoms with Gasteiger partial charge in [0.2, 0.25) is 10.0 Å². The van der Waals surface area contributed by atoms with Crippen LogP contribution in [-0.2, 0) is 10.0 Å². The topological polar surface area (TPSA) is 62.3 Å². The summed E-state index contributed by atoms with van der Waals surface area (Å²) in [7, 11) is -1.82. The van der Waals surface area contributed by atoms with Crippen molar-refractivity contribution in [2.24, 2.45) is 0 Å². The molecule has 2 aromatic rings. The predicted molar refractivity (Wildman–Crippen MR) is 73.3 cm³/mol. The number of benzene rings is 1. The number of sulfonamides is 1. The lowest BCUT2D eigenvalue weighted by Gasteiger charge is -2.34. The summed E-state index contributed by atoms with van der Waals surface area (Å²) in [4.78, 5) is 4.37. The average Bonchev–Trinajstić information content (AvgIpc) is 2.36. The molecular weight excluding hydrogens is 262 g/mol. The molecular formula is C13H15N3O2S. The average molecular weight is 277 g/mol. The third-order valence-electron chi connectivity index (χ3n) is 3.57. The molecule has 1 aromatic carbocycles. The molecule has 0 unspecified atom stereocenters. The van der Waals surface area contributed by atoms with Crippen LogP contribution in [-0.4, -0.2) is 43.9 Å². The summed E-state index contributed by atoms with van der Waals surface area (Å²) in [6.07, 6.45) is 3.30. The second-order valence-corrected chi connectivity index (χ2v) is 6.65. The van der Waals surface area contributed by atoms with Gasteiger partial charge in [0.25, 0.3) is 0 Å². The maximum atomic E-state index is 12.7. The lowest BCUT2D eigenvalue weighted by atomic mass is 10.2. The normalized spacial score (nSPS) is 16.7. The predicted octanol–water partition coefficient (Wildman–Crippen LogP) is 0.827. The molecule has 1 aliphatic heterocycles. The first-order valence-corrected chi connectivity index (χ1v) is 7.56. The summed E-state index contributed by atoms with van der Waals surface area (Å²) in [6.45, 7) is 1.42. The fourth-order valence-electron chi connectivity index (χ4n) is 2.20. The molecule has 1 N–H and O–H groups in total. The van der Waals surface area contributed by atoms with Gasteiger partial charge in [-0.3, -0.25) is 4.98 Å². The molecule has 100 valence electrons. The van der Waals surface area contributed by atoms with Crippen molar-refractivity contribution in [1.82, 2.24) is 14.6 Å². The summed E-state index contributed by atoms with van der Waals surface area (Å²) in [5.41, 5.74) is 0. The molecule has 0 atom stereocenters. The molecule has 6 heteroatoms. The van der Waals surface area contributed by atoms with Crippen LogP contribution in [0.5, 0.6) is 0 Å². The van der Waals surface area contributed by atoms with Gasteiger partial charge in [-0.05, 0) is 12.1 Å². The molecule has 0 radical (unpaired) electrons. The van der Waals surface area contributed by atoms with Crippen LogP contribution in [0.15, 0.2) is 41.6 Å². The zero-order valence-corrected chi connectivity index (χ0v) is 11.4. The highest BCUT2D eigenvalue weighted by molar-refractivity contribution is 7.89. The van der Waals surface area contributed by atoms with Crippen molar-refractivity contribution >= 4 is 20.8 Å². The number of likely N-dealkylation sites (N-methyl/N-ethyl adjacent to an activating group) is 1. The van der Waals surface area contributed by atoms with Gasteiger partial charge in [-0.15, -0.1) is 0 Å². The Morgan fingerprint density at radius 2 is 2.11 bits per heavy atom. The highest BCUT2D eigenvalue weighted by atomic mass is 32.2. The van der Waals surface area contributed by atoms with Gasteiger partial charge in [-0.2, -0.15) is 4.31 Å². The maximum Gasteiger partial charge on any atom is 0.243 e. The number of hydrogen-bond donors (Lipinski definition) is 1. The van der Waals surface area contributed by atoms with Crippen molar-refractivity contribution in [1.29, 1.82) is 0 Å². The van der Waals surface area contributed by atoms with Gasteiger partial charge in [0.15, 0.2) is 0 Å². The zero-order valence-electron chi connectivity index (χ0n) is 10.6. The van der Waals surface area contributed by atoms with Gasteiger partial charge < -0.3 is 5.32 Å².